The van der Waals surface area contributed by atoms with Gasteiger partial charge in [-0.1, -0.05) is 43.7 Å². The SMILES string of the molecule is CC[C@@]1(O)C(=O)OCc2c1cc1n(c2=O)Cc2c-1nc1cc(F)c(C)c3c1c2[C@@H](NC(=O)CCCCNC(=O)CNC(=O)[C@H](Cc1ccccc1)NC(=O)CNC(=O)CNC(=O)[C@H](CC(=O)O)NC(=O)CCCCCN1C(=O)C=CC1=O)CC3. The molecule has 2 aromatic carbocycles. The van der Waals surface area contributed by atoms with Crippen LogP contribution in [0, 0.1) is 12.7 Å². The lowest BCUT2D eigenvalue weighted by Gasteiger charge is -2.31. The number of nitrogens with one attached hydrogen (secondary N) is 7. The Balaban J connectivity index is 0.779. The molecule has 26 heteroatoms. The van der Waals surface area contributed by atoms with Gasteiger partial charge >= 0.3 is 11.9 Å². The summed E-state index contributed by atoms with van der Waals surface area (Å²) in [6.45, 7) is 1.56. The van der Waals surface area contributed by atoms with Gasteiger partial charge in [0.05, 0.1) is 61.1 Å². The monoisotopic (exact) mass is 1160 g/mol. The van der Waals surface area contributed by atoms with Crippen molar-refractivity contribution in [3.05, 3.63) is 110 Å². The number of rotatable bonds is 27. The van der Waals surface area contributed by atoms with E-state index in [-0.39, 0.29) is 69.0 Å². The fourth-order valence-electron chi connectivity index (χ4n) is 10.8. The number of carbonyl (C=O) groups is 11. The summed E-state index contributed by atoms with van der Waals surface area (Å²) in [6, 6.07) is 8.28. The Kier molecular flexibility index (Phi) is 19.4. The third-order valence-corrected chi connectivity index (χ3v) is 15.3. The number of imide groups is 1. The van der Waals surface area contributed by atoms with Crippen LogP contribution in [-0.4, -0.2) is 135 Å². The highest BCUT2D eigenvalue weighted by molar-refractivity contribution is 6.12. The number of aliphatic carboxylic acids is 1. The Bertz CT molecular complexity index is 3420. The van der Waals surface area contributed by atoms with E-state index in [9.17, 15) is 67.7 Å². The summed E-state index contributed by atoms with van der Waals surface area (Å²) in [7, 11) is 0. The predicted octanol–water partition coefficient (Wildman–Crippen LogP) is 0.438. The van der Waals surface area contributed by atoms with Gasteiger partial charge in [0.1, 0.15) is 24.5 Å². The molecule has 0 unspecified atom stereocenters. The standard InChI is InChI=1S/C58H65FN10O15/c1-3-58(83)36-23-42-53-34(29-69(42)56(81)35(36)30-84-57(58)82)52-38(17-16-33-31(2)37(59)24-39(67-53)51(33)52)64-43(70)15-9-10-20-60-45(72)26-62-54(79)40(22-32-12-6-4-7-13-32)66-47(74)28-61-46(73)27-63-55(80)41(25-50(77)78)65-44(71)14-8-5-11-21-68-48(75)18-19-49(68)76/h4,6-7,12-13,18-19,23-24,38,40-41,83H,3,5,8-11,14-17,20-22,25-30H2,1-2H3,(H,60,72)(H,61,73)(H,62,79)(H,63,80)(H,64,70)(H,65,71)(H,66,74)(H,77,78)/t38-,40-,41-,58-/m0/s1. The summed E-state index contributed by atoms with van der Waals surface area (Å²) < 4.78 is 22.1. The van der Waals surface area contributed by atoms with Crippen LogP contribution in [0.4, 0.5) is 4.39 Å². The third-order valence-electron chi connectivity index (χ3n) is 15.3. The zero-order chi connectivity index (χ0) is 60.4. The summed E-state index contributed by atoms with van der Waals surface area (Å²) in [5.74, 6) is -8.41. The van der Waals surface area contributed by atoms with Crippen LogP contribution in [0.15, 0.2) is 59.4 Å². The first-order chi connectivity index (χ1) is 40.2. The second-order valence-corrected chi connectivity index (χ2v) is 21.0. The second kappa shape index (κ2) is 26.8. The highest BCUT2D eigenvalue weighted by Crippen LogP contribution is 2.46. The van der Waals surface area contributed by atoms with Gasteiger partial charge in [0, 0.05) is 67.1 Å². The minimum absolute atomic E-state index is 0.000186. The summed E-state index contributed by atoms with van der Waals surface area (Å²) in [5.41, 5.74) is 2.09. The summed E-state index contributed by atoms with van der Waals surface area (Å²) in [5, 5.41) is 39.2. The molecule has 84 heavy (non-hydrogen) atoms. The number of carboxylic acids is 1. The largest absolute Gasteiger partial charge is 0.481 e. The highest BCUT2D eigenvalue weighted by Gasteiger charge is 2.46. The number of unbranched alkanes of at least 4 members (excludes halogenated alkanes) is 3. The van der Waals surface area contributed by atoms with Gasteiger partial charge in [0.25, 0.3) is 17.4 Å². The number of cyclic esters (lactones) is 1. The Morgan fingerprint density at radius 2 is 1.43 bits per heavy atom. The first kappa shape index (κ1) is 60.9. The molecular formula is C58H65FN10O15. The van der Waals surface area contributed by atoms with Gasteiger partial charge in [-0.05, 0) is 80.2 Å². The predicted molar refractivity (Wildman–Crippen MR) is 295 cm³/mol. The van der Waals surface area contributed by atoms with E-state index < -0.39 is 120 Å². The zero-order valence-corrected chi connectivity index (χ0v) is 46.3. The summed E-state index contributed by atoms with van der Waals surface area (Å²) in [6.07, 6.45) is 4.27. The van der Waals surface area contributed by atoms with Crippen molar-refractivity contribution in [1.82, 2.24) is 51.7 Å². The maximum absolute atomic E-state index is 15.4. The van der Waals surface area contributed by atoms with Crippen molar-refractivity contribution in [2.45, 2.75) is 128 Å². The lowest BCUT2D eigenvalue weighted by Crippen LogP contribution is -2.53. The number of benzene rings is 2. The number of carbonyl (C=O) groups excluding carboxylic acids is 10. The molecule has 9 N–H and O–H groups in total. The maximum Gasteiger partial charge on any atom is 0.343 e. The number of fused-ring (bicyclic) bond motifs is 5. The lowest BCUT2D eigenvalue weighted by molar-refractivity contribution is -0.172. The number of pyridine rings is 2. The van der Waals surface area contributed by atoms with E-state index in [2.05, 4.69) is 37.2 Å². The fraction of sp³-hybridized carbons (Fsp3) is 0.431. The molecule has 5 heterocycles. The molecule has 0 radical (unpaired) electrons. The van der Waals surface area contributed by atoms with Gasteiger partial charge in [-0.2, -0.15) is 0 Å². The average molecular weight is 1160 g/mol. The van der Waals surface area contributed by atoms with Gasteiger partial charge in [0.15, 0.2) is 5.60 Å². The molecule has 1 aliphatic carbocycles. The van der Waals surface area contributed by atoms with Crippen molar-refractivity contribution in [2.24, 2.45) is 0 Å². The van der Waals surface area contributed by atoms with E-state index in [0.29, 0.717) is 89.5 Å². The van der Waals surface area contributed by atoms with E-state index in [1.807, 2.05) is 0 Å². The van der Waals surface area contributed by atoms with Crippen LogP contribution in [0.2, 0.25) is 0 Å². The number of ether oxygens (including phenoxy) is 1. The number of hydrogen-bond donors (Lipinski definition) is 9. The van der Waals surface area contributed by atoms with Crippen molar-refractivity contribution >= 4 is 76.0 Å². The minimum Gasteiger partial charge on any atom is -0.481 e. The summed E-state index contributed by atoms with van der Waals surface area (Å²) in [4.78, 5) is 159. The van der Waals surface area contributed by atoms with Crippen molar-refractivity contribution in [2.75, 3.05) is 32.7 Å². The fourth-order valence-corrected chi connectivity index (χ4v) is 10.8. The van der Waals surface area contributed by atoms with Gasteiger partial charge in [0.2, 0.25) is 41.4 Å². The smallest absolute Gasteiger partial charge is 0.343 e. The van der Waals surface area contributed by atoms with E-state index in [1.165, 1.54) is 10.6 Å². The molecule has 0 saturated heterocycles. The molecule has 4 atom stereocenters. The van der Waals surface area contributed by atoms with Crippen LogP contribution in [-0.2, 0) is 89.1 Å². The molecule has 2 aromatic heterocycles. The van der Waals surface area contributed by atoms with Crippen molar-refractivity contribution in [3.63, 3.8) is 0 Å². The minimum atomic E-state index is -2.05. The molecule has 0 fully saturated rings. The number of aryl methyl sites for hydroxylation is 1. The van der Waals surface area contributed by atoms with Crippen molar-refractivity contribution in [1.29, 1.82) is 0 Å². The average Bonchev–Trinajstić information content (AvgIpc) is 1.61. The molecule has 4 aliphatic rings. The topological polar surface area (TPSA) is 360 Å². The van der Waals surface area contributed by atoms with Crippen molar-refractivity contribution < 1.29 is 72.1 Å². The van der Waals surface area contributed by atoms with E-state index >= 15 is 4.39 Å². The van der Waals surface area contributed by atoms with Crippen LogP contribution >= 0.6 is 0 Å². The Morgan fingerprint density at radius 1 is 0.774 bits per heavy atom. The van der Waals surface area contributed by atoms with Crippen LogP contribution in [0.1, 0.15) is 116 Å². The molecule has 3 aliphatic heterocycles. The molecule has 25 nitrogen and oxygen atoms in total. The zero-order valence-electron chi connectivity index (χ0n) is 46.3. The van der Waals surface area contributed by atoms with Crippen molar-refractivity contribution in [3.8, 4) is 11.4 Å². The number of aliphatic hydroxyl groups is 1. The normalized spacial score (nSPS) is 17.0. The Morgan fingerprint density at radius 3 is 2.13 bits per heavy atom. The number of esters is 1. The van der Waals surface area contributed by atoms with Crippen LogP contribution in [0.3, 0.4) is 0 Å². The third kappa shape index (κ3) is 14.0. The molecule has 0 saturated carbocycles. The Hall–Kier alpha value is -9.20. The first-order valence-electron chi connectivity index (χ1n) is 27.7. The number of aromatic nitrogens is 2. The molecule has 4 aromatic rings. The van der Waals surface area contributed by atoms with Gasteiger partial charge in [-0.25, -0.2) is 14.2 Å². The highest BCUT2D eigenvalue weighted by atomic mass is 19.1. The van der Waals surface area contributed by atoms with Crippen LogP contribution in [0.25, 0.3) is 22.3 Å². The van der Waals surface area contributed by atoms with Crippen LogP contribution in [0.5, 0.6) is 0 Å². The molecular weight excluding hydrogens is 1100 g/mol. The number of halogens is 1. The molecule has 8 rings (SSSR count). The van der Waals surface area contributed by atoms with E-state index in [1.54, 1.807) is 50.2 Å². The number of carboxylic acid groups (broad SMARTS) is 1. The van der Waals surface area contributed by atoms with E-state index in [4.69, 9.17) is 9.72 Å². The maximum atomic E-state index is 15.4. The van der Waals surface area contributed by atoms with Gasteiger partial charge in [-0.15, -0.1) is 0 Å². The molecule has 444 valence electrons. The molecule has 0 bridgehead atoms. The number of nitrogens with zero attached hydrogens (tertiary/aromatic N) is 3. The number of hydrogen-bond acceptors (Lipinski definition) is 15. The number of amides is 9. The van der Waals surface area contributed by atoms with Gasteiger partial charge in [-0.3, -0.25) is 57.6 Å². The lowest BCUT2D eigenvalue weighted by atomic mass is 9.81. The quantitative estimate of drug-likeness (QED) is 0.0196. The molecule has 9 amide bonds. The van der Waals surface area contributed by atoms with E-state index in [0.717, 1.165) is 22.6 Å². The first-order valence-corrected chi connectivity index (χ1v) is 27.7. The Labute approximate surface area is 479 Å². The molecule has 0 spiro atoms. The van der Waals surface area contributed by atoms with Gasteiger partial charge < -0.3 is 56.7 Å². The summed E-state index contributed by atoms with van der Waals surface area (Å²) >= 11 is 0. The second-order valence-electron chi connectivity index (χ2n) is 21.0. The van der Waals surface area contributed by atoms with Crippen LogP contribution < -0.4 is 42.8 Å².